The fourth-order valence-electron chi connectivity index (χ4n) is 6.74. The Labute approximate surface area is 206 Å². The van der Waals surface area contributed by atoms with E-state index >= 15 is 0 Å². The Hall–Kier alpha value is -2.45. The first kappa shape index (κ1) is 23.0. The molecule has 3 saturated heterocycles. The van der Waals surface area contributed by atoms with Gasteiger partial charge in [-0.1, -0.05) is 6.42 Å². The molecule has 0 aromatic heterocycles. The molecular weight excluding hydrogens is 446 g/mol. The molecule has 1 aromatic rings. The summed E-state index contributed by atoms with van der Waals surface area (Å²) in [5.41, 5.74) is 1.53. The van der Waals surface area contributed by atoms with Crippen LogP contribution in [0.4, 0.5) is 0 Å². The van der Waals surface area contributed by atoms with Crippen LogP contribution in [0.3, 0.4) is 0 Å². The Balaban J connectivity index is 1.10. The summed E-state index contributed by atoms with van der Waals surface area (Å²) in [6.45, 7) is 4.56. The van der Waals surface area contributed by atoms with E-state index in [0.29, 0.717) is 24.6 Å². The van der Waals surface area contributed by atoms with E-state index in [1.165, 1.54) is 45.2 Å². The van der Waals surface area contributed by atoms with Crippen molar-refractivity contribution >= 4 is 17.7 Å². The number of imide groups is 1. The summed E-state index contributed by atoms with van der Waals surface area (Å²) < 4.78 is 12.1. The zero-order chi connectivity index (χ0) is 23.9. The lowest BCUT2D eigenvalue weighted by Gasteiger charge is -2.51. The van der Waals surface area contributed by atoms with Gasteiger partial charge in [0.05, 0.1) is 0 Å². The van der Waals surface area contributed by atoms with Crippen molar-refractivity contribution in [1.82, 2.24) is 15.1 Å². The third kappa shape index (κ3) is 4.47. The minimum Gasteiger partial charge on any atom is -0.489 e. The van der Waals surface area contributed by atoms with E-state index in [2.05, 4.69) is 10.2 Å². The first-order valence-electron chi connectivity index (χ1n) is 13.3. The number of amides is 3. The second kappa shape index (κ2) is 9.54. The topological polar surface area (TPSA) is 88.2 Å². The standard InChI is InChI=1S/C27H35N3O5/c31-25-8-7-23(26(32)28-25)30-16-18-13-20(5-6-21(18)27(30)33)35-24-4-2-1-3-22(24)29-14-19(15-29)17-9-11-34-12-10-17/h5-6,13,17,19,22-24H,1-4,7-12,14-16H2,(H,28,31,32)/t22-,23?,24+/m1/s1. The zero-order valence-corrected chi connectivity index (χ0v) is 20.2. The monoisotopic (exact) mass is 481 g/mol. The highest BCUT2D eigenvalue weighted by molar-refractivity contribution is 6.05. The molecule has 3 atom stereocenters. The van der Waals surface area contributed by atoms with Gasteiger partial charge in [-0.25, -0.2) is 0 Å². The van der Waals surface area contributed by atoms with E-state index in [9.17, 15) is 14.4 Å². The Bertz CT molecular complexity index is 1000. The molecule has 35 heavy (non-hydrogen) atoms. The molecule has 8 nitrogen and oxygen atoms in total. The maximum Gasteiger partial charge on any atom is 0.255 e. The first-order chi connectivity index (χ1) is 17.1. The van der Waals surface area contributed by atoms with Crippen molar-refractivity contribution in [3.8, 4) is 5.75 Å². The van der Waals surface area contributed by atoms with Crippen molar-refractivity contribution in [1.29, 1.82) is 0 Å². The number of fused-ring (bicyclic) bond motifs is 1. The zero-order valence-electron chi connectivity index (χ0n) is 20.2. The second-order valence-corrected chi connectivity index (χ2v) is 10.9. The number of hydrogen-bond donors (Lipinski definition) is 1. The molecule has 3 amide bonds. The van der Waals surface area contributed by atoms with Crippen LogP contribution in [0.5, 0.6) is 5.75 Å². The average Bonchev–Trinajstić information content (AvgIpc) is 3.15. The molecule has 4 heterocycles. The molecule has 5 aliphatic rings. The number of carbonyl (C=O) groups excluding carboxylic acids is 3. The molecule has 1 unspecified atom stereocenters. The molecule has 1 saturated carbocycles. The molecule has 8 heteroatoms. The summed E-state index contributed by atoms with van der Waals surface area (Å²) in [5.74, 6) is 1.62. The van der Waals surface area contributed by atoms with Crippen LogP contribution in [0.15, 0.2) is 18.2 Å². The van der Waals surface area contributed by atoms with Gasteiger partial charge in [0.1, 0.15) is 17.9 Å². The number of rotatable bonds is 5. The van der Waals surface area contributed by atoms with Gasteiger partial charge in [0, 0.05) is 50.9 Å². The van der Waals surface area contributed by atoms with Crippen LogP contribution in [0.2, 0.25) is 0 Å². The summed E-state index contributed by atoms with van der Waals surface area (Å²) in [5, 5.41) is 2.36. The SMILES string of the molecule is O=C1CCC(N2Cc3cc(O[C@H]4CCCC[C@H]4N4CC(C5CCOCC5)C4)ccc3C2=O)C(=O)N1. The third-order valence-electron chi connectivity index (χ3n) is 8.79. The molecule has 4 fully saturated rings. The van der Waals surface area contributed by atoms with Crippen LogP contribution in [-0.4, -0.2) is 72.0 Å². The molecular formula is C27H35N3O5. The molecule has 6 rings (SSSR count). The predicted molar refractivity (Wildman–Crippen MR) is 128 cm³/mol. The Morgan fingerprint density at radius 2 is 1.74 bits per heavy atom. The van der Waals surface area contributed by atoms with Crippen molar-refractivity contribution in [3.63, 3.8) is 0 Å². The predicted octanol–water partition coefficient (Wildman–Crippen LogP) is 2.50. The smallest absolute Gasteiger partial charge is 0.255 e. The largest absolute Gasteiger partial charge is 0.489 e. The quantitative estimate of drug-likeness (QED) is 0.651. The highest BCUT2D eigenvalue weighted by atomic mass is 16.5. The van der Waals surface area contributed by atoms with Crippen molar-refractivity contribution in [3.05, 3.63) is 29.3 Å². The summed E-state index contributed by atoms with van der Waals surface area (Å²) in [7, 11) is 0. The summed E-state index contributed by atoms with van der Waals surface area (Å²) in [4.78, 5) is 41.0. The Kier molecular flexibility index (Phi) is 6.26. The van der Waals surface area contributed by atoms with E-state index in [4.69, 9.17) is 9.47 Å². The first-order valence-corrected chi connectivity index (χ1v) is 13.3. The molecule has 1 N–H and O–H groups in total. The number of benzene rings is 1. The number of nitrogens with zero attached hydrogens (tertiary/aromatic N) is 2. The van der Waals surface area contributed by atoms with Crippen LogP contribution < -0.4 is 10.1 Å². The van der Waals surface area contributed by atoms with E-state index < -0.39 is 6.04 Å². The number of hydrogen-bond acceptors (Lipinski definition) is 6. The van der Waals surface area contributed by atoms with Gasteiger partial charge in [0.2, 0.25) is 11.8 Å². The number of piperidine rings is 1. The molecule has 1 aliphatic carbocycles. The van der Waals surface area contributed by atoms with Crippen LogP contribution in [0.1, 0.15) is 67.3 Å². The van der Waals surface area contributed by atoms with Gasteiger partial charge in [0.25, 0.3) is 5.91 Å². The van der Waals surface area contributed by atoms with E-state index in [1.54, 1.807) is 4.90 Å². The van der Waals surface area contributed by atoms with Gasteiger partial charge >= 0.3 is 0 Å². The molecule has 0 bridgehead atoms. The second-order valence-electron chi connectivity index (χ2n) is 10.9. The summed E-state index contributed by atoms with van der Waals surface area (Å²) in [6, 6.07) is 5.58. The normalized spacial score (nSPS) is 30.7. The fourth-order valence-corrected chi connectivity index (χ4v) is 6.74. The number of carbonyl (C=O) groups is 3. The van der Waals surface area contributed by atoms with Crippen LogP contribution in [0, 0.1) is 11.8 Å². The number of nitrogens with one attached hydrogen (secondary N) is 1. The third-order valence-corrected chi connectivity index (χ3v) is 8.79. The molecule has 188 valence electrons. The van der Waals surface area contributed by atoms with Crippen LogP contribution in [0.25, 0.3) is 0 Å². The van der Waals surface area contributed by atoms with E-state index in [-0.39, 0.29) is 30.2 Å². The lowest BCUT2D eigenvalue weighted by molar-refractivity contribution is -0.136. The lowest BCUT2D eigenvalue weighted by atomic mass is 9.78. The highest BCUT2D eigenvalue weighted by Gasteiger charge is 2.42. The van der Waals surface area contributed by atoms with Crippen LogP contribution in [-0.2, 0) is 20.9 Å². The Morgan fingerprint density at radius 1 is 0.943 bits per heavy atom. The molecule has 4 aliphatic heterocycles. The van der Waals surface area contributed by atoms with Crippen molar-refractivity contribution < 1.29 is 23.9 Å². The lowest BCUT2D eigenvalue weighted by Crippen LogP contribution is -2.59. The van der Waals surface area contributed by atoms with E-state index in [1.807, 2.05) is 18.2 Å². The fraction of sp³-hybridized carbons (Fsp3) is 0.667. The average molecular weight is 482 g/mol. The maximum atomic E-state index is 13.0. The van der Waals surface area contributed by atoms with Crippen molar-refractivity contribution in [2.75, 3.05) is 26.3 Å². The van der Waals surface area contributed by atoms with Gasteiger partial charge in [0.15, 0.2) is 0 Å². The molecule has 0 radical (unpaired) electrons. The van der Waals surface area contributed by atoms with Gasteiger partial charge in [-0.15, -0.1) is 0 Å². The van der Waals surface area contributed by atoms with Crippen LogP contribution >= 0.6 is 0 Å². The minimum atomic E-state index is -0.588. The van der Waals surface area contributed by atoms with E-state index in [0.717, 1.165) is 42.8 Å². The highest BCUT2D eigenvalue weighted by Crippen LogP contribution is 2.37. The maximum absolute atomic E-state index is 13.0. The summed E-state index contributed by atoms with van der Waals surface area (Å²) >= 11 is 0. The van der Waals surface area contributed by atoms with Gasteiger partial charge in [-0.3, -0.25) is 24.6 Å². The van der Waals surface area contributed by atoms with Crippen molar-refractivity contribution in [2.45, 2.75) is 76.1 Å². The van der Waals surface area contributed by atoms with Gasteiger partial charge in [-0.05, 0) is 74.1 Å². The summed E-state index contributed by atoms with van der Waals surface area (Å²) in [6.07, 6.45) is 7.88. The minimum absolute atomic E-state index is 0.142. The van der Waals surface area contributed by atoms with Gasteiger partial charge in [-0.2, -0.15) is 0 Å². The molecule has 0 spiro atoms. The van der Waals surface area contributed by atoms with Gasteiger partial charge < -0.3 is 14.4 Å². The number of likely N-dealkylation sites (tertiary alicyclic amines) is 1. The number of ether oxygens (including phenoxy) is 2. The molecule has 1 aromatic carbocycles. The Morgan fingerprint density at radius 3 is 2.54 bits per heavy atom. The van der Waals surface area contributed by atoms with Crippen molar-refractivity contribution in [2.24, 2.45) is 11.8 Å².